The Bertz CT molecular complexity index is 130. The summed E-state index contributed by atoms with van der Waals surface area (Å²) in [7, 11) is -1.88. The Morgan fingerprint density at radius 1 is 0.824 bits per heavy atom. The molecule has 0 unspecified atom stereocenters. The highest BCUT2D eigenvalue weighted by molar-refractivity contribution is 14.1. The highest BCUT2D eigenvalue weighted by Gasteiger charge is 2.35. The summed E-state index contributed by atoms with van der Waals surface area (Å²) in [5.41, 5.74) is 0. The molecule has 0 rings (SSSR count). The monoisotopic (exact) mass is 372 g/mol. The molecule has 0 bridgehead atoms. The maximum Gasteiger partial charge on any atom is 0.338 e. The van der Waals surface area contributed by atoms with Crippen molar-refractivity contribution in [2.24, 2.45) is 0 Å². The lowest BCUT2D eigenvalue weighted by molar-refractivity contribution is 0.166. The molecular formula is C13H29IO2Si. The lowest BCUT2D eigenvalue weighted by atomic mass is 10.4. The van der Waals surface area contributed by atoms with Crippen LogP contribution in [0, 0.1) is 0 Å². The van der Waals surface area contributed by atoms with Gasteiger partial charge in [-0.2, -0.15) is 0 Å². The first-order valence-corrected chi connectivity index (χ1v) is 10.8. The minimum absolute atomic E-state index is 0.876. The first-order chi connectivity index (χ1) is 8.24. The number of hydrogen-bond donors (Lipinski definition) is 0. The third kappa shape index (κ3) is 8.56. The Hall–Kier alpha value is 0.867. The zero-order chi connectivity index (χ0) is 13.0. The van der Waals surface area contributed by atoms with Gasteiger partial charge >= 0.3 is 8.56 Å². The summed E-state index contributed by atoms with van der Waals surface area (Å²) in [5.74, 6) is 0. The van der Waals surface area contributed by atoms with Crippen LogP contribution in [-0.4, -0.2) is 26.2 Å². The summed E-state index contributed by atoms with van der Waals surface area (Å²) in [6.45, 7) is 8.35. The highest BCUT2D eigenvalue weighted by Crippen LogP contribution is 2.25. The predicted molar refractivity (Wildman–Crippen MR) is 86.3 cm³/mol. The molecule has 0 aliphatic rings. The largest absolute Gasteiger partial charge is 0.394 e. The van der Waals surface area contributed by atoms with Gasteiger partial charge < -0.3 is 8.85 Å². The van der Waals surface area contributed by atoms with Crippen molar-refractivity contribution in [2.45, 2.75) is 65.0 Å². The molecule has 0 spiro atoms. The second-order valence-electron chi connectivity index (χ2n) is 4.50. The smallest absolute Gasteiger partial charge is 0.338 e. The van der Waals surface area contributed by atoms with Gasteiger partial charge in [-0.3, -0.25) is 0 Å². The zero-order valence-corrected chi connectivity index (χ0v) is 14.9. The van der Waals surface area contributed by atoms with Crippen molar-refractivity contribution in [1.29, 1.82) is 0 Å². The molecule has 0 radical (unpaired) electrons. The van der Waals surface area contributed by atoms with E-state index in [4.69, 9.17) is 8.85 Å². The lowest BCUT2D eigenvalue weighted by Gasteiger charge is -2.30. The molecule has 0 heterocycles. The fourth-order valence-corrected chi connectivity index (χ4v) is 6.59. The molecule has 0 aromatic carbocycles. The van der Waals surface area contributed by atoms with E-state index in [1.165, 1.54) is 35.8 Å². The summed E-state index contributed by atoms with van der Waals surface area (Å²) in [6, 6.07) is 2.36. The molecule has 4 heteroatoms. The number of rotatable bonds is 12. The van der Waals surface area contributed by atoms with Crippen molar-refractivity contribution in [3.63, 3.8) is 0 Å². The summed E-state index contributed by atoms with van der Waals surface area (Å²) >= 11 is 2.45. The molecule has 0 amide bonds. The van der Waals surface area contributed by atoms with Gasteiger partial charge in [-0.15, -0.1) is 0 Å². The van der Waals surface area contributed by atoms with Gasteiger partial charge in [0.05, 0.1) is 0 Å². The Balaban J connectivity index is 4.39. The number of halogens is 1. The summed E-state index contributed by atoms with van der Waals surface area (Å²) < 4.78 is 13.6. The average molecular weight is 372 g/mol. The van der Waals surface area contributed by atoms with Crippen LogP contribution in [0.25, 0.3) is 0 Å². The van der Waals surface area contributed by atoms with Crippen LogP contribution >= 0.6 is 22.6 Å². The van der Waals surface area contributed by atoms with Gasteiger partial charge in [0.1, 0.15) is 0 Å². The second kappa shape index (κ2) is 11.9. The summed E-state index contributed by atoms with van der Waals surface area (Å²) in [5, 5.41) is 0. The minimum Gasteiger partial charge on any atom is -0.394 e. The van der Waals surface area contributed by atoms with Gasteiger partial charge in [0.2, 0.25) is 0 Å². The standard InChI is InChI=1S/C13H29IO2Si/c1-4-7-12-17(13-8-9-14,15-10-5-2)16-11-6-3/h4-13H2,1-3H3. The topological polar surface area (TPSA) is 18.5 Å². The van der Waals surface area contributed by atoms with Crippen molar-refractivity contribution in [3.8, 4) is 0 Å². The van der Waals surface area contributed by atoms with Gasteiger partial charge in [0.25, 0.3) is 0 Å². The van der Waals surface area contributed by atoms with Crippen LogP contribution in [0.4, 0.5) is 0 Å². The van der Waals surface area contributed by atoms with E-state index in [0.29, 0.717) is 0 Å². The van der Waals surface area contributed by atoms with Crippen LogP contribution in [0.1, 0.15) is 52.9 Å². The molecule has 104 valence electrons. The molecule has 0 atom stereocenters. The van der Waals surface area contributed by atoms with E-state index in [9.17, 15) is 0 Å². The van der Waals surface area contributed by atoms with E-state index in [2.05, 4.69) is 43.4 Å². The van der Waals surface area contributed by atoms with Gasteiger partial charge in [0, 0.05) is 13.2 Å². The first kappa shape index (κ1) is 17.9. The third-order valence-corrected chi connectivity index (χ3v) is 7.19. The van der Waals surface area contributed by atoms with Crippen LogP contribution in [0.3, 0.4) is 0 Å². The van der Waals surface area contributed by atoms with Crippen molar-refractivity contribution >= 4 is 31.2 Å². The van der Waals surface area contributed by atoms with E-state index >= 15 is 0 Å². The molecule has 0 aliphatic heterocycles. The molecule has 0 saturated carbocycles. The number of alkyl halides is 1. The SMILES string of the molecule is CCCC[Si](CCCI)(OCCC)OCCC. The fraction of sp³-hybridized carbons (Fsp3) is 1.00. The first-order valence-electron chi connectivity index (χ1n) is 7.08. The predicted octanol–water partition coefficient (Wildman–Crippen LogP) is 4.91. The Kier molecular flexibility index (Phi) is 12.5. The van der Waals surface area contributed by atoms with Crippen LogP contribution in [0.15, 0.2) is 0 Å². The quantitative estimate of drug-likeness (QED) is 0.275. The van der Waals surface area contributed by atoms with E-state index in [1.54, 1.807) is 0 Å². The lowest BCUT2D eigenvalue weighted by Crippen LogP contribution is -2.42. The van der Waals surface area contributed by atoms with E-state index in [-0.39, 0.29) is 0 Å². The van der Waals surface area contributed by atoms with Crippen LogP contribution in [0.2, 0.25) is 12.1 Å². The van der Waals surface area contributed by atoms with Crippen LogP contribution in [-0.2, 0) is 8.85 Å². The summed E-state index contributed by atoms with van der Waals surface area (Å²) in [4.78, 5) is 0. The molecule has 0 aromatic heterocycles. The minimum atomic E-state index is -1.88. The maximum absolute atomic E-state index is 6.20. The van der Waals surface area contributed by atoms with E-state index in [0.717, 1.165) is 26.1 Å². The Morgan fingerprint density at radius 3 is 1.76 bits per heavy atom. The second-order valence-corrected chi connectivity index (χ2v) is 8.98. The van der Waals surface area contributed by atoms with Crippen LogP contribution in [0.5, 0.6) is 0 Å². The van der Waals surface area contributed by atoms with Gasteiger partial charge in [-0.1, -0.05) is 56.2 Å². The van der Waals surface area contributed by atoms with Crippen molar-refractivity contribution < 1.29 is 8.85 Å². The zero-order valence-electron chi connectivity index (χ0n) is 11.8. The Morgan fingerprint density at radius 2 is 1.35 bits per heavy atom. The van der Waals surface area contributed by atoms with Crippen molar-refractivity contribution in [1.82, 2.24) is 0 Å². The van der Waals surface area contributed by atoms with Gasteiger partial charge in [0.15, 0.2) is 0 Å². The highest BCUT2D eigenvalue weighted by atomic mass is 127. The van der Waals surface area contributed by atoms with E-state index in [1.807, 2.05) is 0 Å². The van der Waals surface area contributed by atoms with Crippen LogP contribution < -0.4 is 0 Å². The Labute approximate surface area is 122 Å². The van der Waals surface area contributed by atoms with Gasteiger partial charge in [-0.05, 0) is 35.8 Å². The molecule has 2 nitrogen and oxygen atoms in total. The molecule has 0 aromatic rings. The molecular weight excluding hydrogens is 343 g/mol. The average Bonchev–Trinajstić information content (AvgIpc) is 2.37. The molecule has 0 saturated heterocycles. The van der Waals surface area contributed by atoms with Crippen molar-refractivity contribution in [3.05, 3.63) is 0 Å². The summed E-state index contributed by atoms with van der Waals surface area (Å²) in [6.07, 6.45) is 5.93. The normalized spacial score (nSPS) is 12.0. The molecule has 17 heavy (non-hydrogen) atoms. The molecule has 0 aliphatic carbocycles. The third-order valence-electron chi connectivity index (χ3n) is 2.74. The number of unbranched alkanes of at least 4 members (excludes halogenated alkanes) is 1. The maximum atomic E-state index is 6.20. The fourth-order valence-electron chi connectivity index (χ4n) is 1.81. The molecule has 0 fully saturated rings. The molecule has 0 N–H and O–H groups in total. The van der Waals surface area contributed by atoms with Crippen molar-refractivity contribution in [2.75, 3.05) is 17.6 Å². The number of hydrogen-bond acceptors (Lipinski definition) is 2. The van der Waals surface area contributed by atoms with Gasteiger partial charge in [-0.25, -0.2) is 0 Å². The van der Waals surface area contributed by atoms with E-state index < -0.39 is 8.56 Å².